The number of methoxy groups -OCH3 is 1. The molecule has 1 aliphatic rings. The van der Waals surface area contributed by atoms with Crippen LogP contribution in [0, 0.1) is 0 Å². The molecule has 1 saturated heterocycles. The third kappa shape index (κ3) is 8.57. The van der Waals surface area contributed by atoms with E-state index >= 15 is 0 Å². The number of rotatable bonds is 9. The SMILES string of the molecule is CO[C@@H]1O[C@H](COS(=O)(=O)O)[C@@H](OS(=O)(=O)O)[C@H](OS(=O)(=O)O)[C@H]1NC(C)=O. The normalized spacial score (nSPS) is 29.4. The molecule has 0 aromatic carbocycles. The molecular weight excluding hydrogens is 458 g/mol. The number of hydrogen-bond donors (Lipinski definition) is 4. The van der Waals surface area contributed by atoms with Gasteiger partial charge >= 0.3 is 31.2 Å². The van der Waals surface area contributed by atoms with Crippen molar-refractivity contribution < 1.29 is 65.7 Å². The molecule has 1 fully saturated rings. The molecule has 0 unspecified atom stereocenters. The highest BCUT2D eigenvalue weighted by molar-refractivity contribution is 7.81. The molecule has 0 radical (unpaired) electrons. The lowest BCUT2D eigenvalue weighted by atomic mass is 9.97. The molecule has 166 valence electrons. The fraction of sp³-hybridized carbons (Fsp3) is 0.889. The molecule has 0 aromatic heterocycles. The highest BCUT2D eigenvalue weighted by Crippen LogP contribution is 2.29. The topological polar surface area (TPSA) is 238 Å². The molecule has 28 heavy (non-hydrogen) atoms. The smallest absolute Gasteiger partial charge is 0.354 e. The Bertz CT molecular complexity index is 864. The van der Waals surface area contributed by atoms with E-state index in [9.17, 15) is 30.0 Å². The van der Waals surface area contributed by atoms with E-state index in [4.69, 9.17) is 23.1 Å². The van der Waals surface area contributed by atoms with Crippen LogP contribution in [0.3, 0.4) is 0 Å². The maximum Gasteiger partial charge on any atom is 0.397 e. The van der Waals surface area contributed by atoms with E-state index in [1.165, 1.54) is 0 Å². The highest BCUT2D eigenvalue weighted by Gasteiger charge is 2.52. The molecule has 1 amide bonds. The number of amides is 1. The summed E-state index contributed by atoms with van der Waals surface area (Å²) in [6, 6.07) is -1.64. The van der Waals surface area contributed by atoms with Crippen LogP contribution < -0.4 is 5.32 Å². The summed E-state index contributed by atoms with van der Waals surface area (Å²) < 4.78 is 115. The van der Waals surface area contributed by atoms with Crippen molar-refractivity contribution in [1.29, 1.82) is 0 Å². The third-order valence-corrected chi connectivity index (χ3v) is 4.46. The van der Waals surface area contributed by atoms with Gasteiger partial charge in [0.25, 0.3) is 0 Å². The lowest BCUT2D eigenvalue weighted by molar-refractivity contribution is -0.252. The van der Waals surface area contributed by atoms with Crippen molar-refractivity contribution in [1.82, 2.24) is 5.32 Å². The van der Waals surface area contributed by atoms with Crippen LogP contribution in [0.1, 0.15) is 6.92 Å². The van der Waals surface area contributed by atoms with Crippen molar-refractivity contribution in [2.24, 2.45) is 0 Å². The van der Waals surface area contributed by atoms with E-state index in [2.05, 4.69) is 17.9 Å². The van der Waals surface area contributed by atoms with Crippen molar-refractivity contribution in [2.45, 2.75) is 37.6 Å². The maximum absolute atomic E-state index is 11.4. The fourth-order valence-corrected chi connectivity index (χ4v) is 3.62. The molecule has 16 nitrogen and oxygen atoms in total. The summed E-state index contributed by atoms with van der Waals surface area (Å²) in [5.74, 6) is -0.808. The van der Waals surface area contributed by atoms with E-state index in [0.717, 1.165) is 14.0 Å². The minimum Gasteiger partial charge on any atom is -0.354 e. The summed E-state index contributed by atoms with van der Waals surface area (Å²) in [6.45, 7) is -0.194. The second-order valence-electron chi connectivity index (χ2n) is 5.19. The lowest BCUT2D eigenvalue weighted by Gasteiger charge is -2.43. The van der Waals surface area contributed by atoms with Crippen molar-refractivity contribution in [2.75, 3.05) is 13.7 Å². The Kier molecular flexibility index (Phi) is 8.24. The number of hydrogen-bond acceptors (Lipinski definition) is 12. The van der Waals surface area contributed by atoms with Gasteiger partial charge in [-0.25, -0.2) is 12.5 Å². The number of carbonyl (C=O) groups is 1. The zero-order chi connectivity index (χ0) is 21.9. The zero-order valence-electron chi connectivity index (χ0n) is 14.1. The summed E-state index contributed by atoms with van der Waals surface area (Å²) in [7, 11) is -14.7. The summed E-state index contributed by atoms with van der Waals surface area (Å²) in [5, 5.41) is 2.11. The molecule has 5 atom stereocenters. The van der Waals surface area contributed by atoms with Gasteiger partial charge in [-0.2, -0.15) is 25.3 Å². The number of nitrogens with one attached hydrogen (secondary N) is 1. The Morgan fingerprint density at radius 1 is 0.964 bits per heavy atom. The van der Waals surface area contributed by atoms with Crippen molar-refractivity contribution in [3.63, 3.8) is 0 Å². The van der Waals surface area contributed by atoms with Crippen LogP contribution >= 0.6 is 0 Å². The van der Waals surface area contributed by atoms with Crippen LogP contribution in [0.4, 0.5) is 0 Å². The first-order valence-corrected chi connectivity index (χ1v) is 11.0. The van der Waals surface area contributed by atoms with Crippen molar-refractivity contribution in [3.8, 4) is 0 Å². The van der Waals surface area contributed by atoms with Crippen LogP contribution in [0.2, 0.25) is 0 Å². The Labute approximate surface area is 159 Å². The summed E-state index contributed by atoms with van der Waals surface area (Å²) >= 11 is 0. The quantitative estimate of drug-likeness (QED) is 0.244. The number of ether oxygens (including phenoxy) is 2. The predicted octanol–water partition coefficient (Wildman–Crippen LogP) is -2.94. The first-order chi connectivity index (χ1) is 12.5. The van der Waals surface area contributed by atoms with Gasteiger partial charge in [0.05, 0.1) is 6.61 Å². The molecule has 1 aliphatic heterocycles. The van der Waals surface area contributed by atoms with Crippen LogP contribution in [-0.2, 0) is 58.0 Å². The first kappa shape index (κ1) is 25.0. The standard InChI is InChI=1S/C9H17NO15S3/c1-4(11)10-6-8(25-28(18,19)20)7(24-27(15,16)17)5(23-9(6)21-2)3-22-26(12,13)14/h5-9H,3H2,1-2H3,(H,10,11)(H,12,13,14)(H,15,16,17)(H,18,19,20)/t5-,6-,7-,8-,9-/m1/s1. The minimum absolute atomic E-state index is 0.808. The highest BCUT2D eigenvalue weighted by atomic mass is 32.3. The van der Waals surface area contributed by atoms with E-state index < -0.39 is 74.4 Å². The van der Waals surface area contributed by atoms with E-state index in [1.807, 2.05) is 0 Å². The van der Waals surface area contributed by atoms with Gasteiger partial charge in [0.1, 0.15) is 24.4 Å². The molecule has 0 bridgehead atoms. The van der Waals surface area contributed by atoms with Crippen LogP contribution in [0.15, 0.2) is 0 Å². The molecule has 19 heteroatoms. The van der Waals surface area contributed by atoms with Gasteiger partial charge in [0, 0.05) is 14.0 Å². The Hall–Kier alpha value is -1.00. The largest absolute Gasteiger partial charge is 0.397 e. The van der Waals surface area contributed by atoms with Crippen LogP contribution in [-0.4, -0.2) is 89.2 Å². The van der Waals surface area contributed by atoms with Crippen molar-refractivity contribution in [3.05, 3.63) is 0 Å². The summed E-state index contributed by atoms with van der Waals surface area (Å²) in [5.41, 5.74) is 0. The van der Waals surface area contributed by atoms with Gasteiger partial charge in [-0.15, -0.1) is 0 Å². The van der Waals surface area contributed by atoms with E-state index in [0.29, 0.717) is 0 Å². The Balaban J connectivity index is 3.41. The van der Waals surface area contributed by atoms with Gasteiger partial charge < -0.3 is 14.8 Å². The molecule has 4 N–H and O–H groups in total. The average Bonchev–Trinajstić information content (AvgIpc) is 2.45. The lowest BCUT2D eigenvalue weighted by Crippen LogP contribution is -2.66. The van der Waals surface area contributed by atoms with Gasteiger partial charge in [-0.05, 0) is 0 Å². The van der Waals surface area contributed by atoms with E-state index in [1.54, 1.807) is 0 Å². The second kappa shape index (κ2) is 9.21. The first-order valence-electron chi connectivity index (χ1n) is 6.91. The van der Waals surface area contributed by atoms with E-state index in [-0.39, 0.29) is 0 Å². The summed E-state index contributed by atoms with van der Waals surface area (Å²) in [6.07, 6.45) is -7.81. The molecule has 0 spiro atoms. The van der Waals surface area contributed by atoms with Crippen molar-refractivity contribution >= 4 is 37.1 Å². The number of carbonyl (C=O) groups excluding carboxylic acids is 1. The monoisotopic (exact) mass is 475 g/mol. The fourth-order valence-electron chi connectivity index (χ4n) is 2.29. The minimum atomic E-state index is -5.33. The Morgan fingerprint density at radius 3 is 1.86 bits per heavy atom. The zero-order valence-corrected chi connectivity index (χ0v) is 16.5. The molecule has 0 saturated carbocycles. The molecular formula is C9H17NO15S3. The third-order valence-electron chi connectivity index (χ3n) is 3.10. The Morgan fingerprint density at radius 2 is 1.46 bits per heavy atom. The van der Waals surface area contributed by atoms with Crippen LogP contribution in [0.25, 0.3) is 0 Å². The molecule has 1 heterocycles. The predicted molar refractivity (Wildman–Crippen MR) is 83.6 cm³/mol. The molecule has 0 aliphatic carbocycles. The van der Waals surface area contributed by atoms with Gasteiger partial charge in [-0.1, -0.05) is 0 Å². The molecule has 1 rings (SSSR count). The molecule has 0 aromatic rings. The second-order valence-corrected chi connectivity index (χ2v) is 8.38. The maximum atomic E-state index is 11.4. The van der Waals surface area contributed by atoms with Crippen LogP contribution in [0.5, 0.6) is 0 Å². The average molecular weight is 475 g/mol. The summed E-state index contributed by atoms with van der Waals surface area (Å²) in [4.78, 5) is 11.4. The van der Waals surface area contributed by atoms with Gasteiger partial charge in [-0.3, -0.25) is 18.5 Å². The van der Waals surface area contributed by atoms with Gasteiger partial charge in [0.15, 0.2) is 6.29 Å². The van der Waals surface area contributed by atoms with Gasteiger partial charge in [0.2, 0.25) is 5.91 Å².